The van der Waals surface area contributed by atoms with Gasteiger partial charge in [-0.05, 0) is 40.5 Å². The lowest BCUT2D eigenvalue weighted by Crippen LogP contribution is -2.00. The Hall–Kier alpha value is -5.45. The zero-order chi connectivity index (χ0) is 28.6. The molecule has 0 aliphatic carbocycles. The minimum atomic E-state index is 0.661. The summed E-state index contributed by atoms with van der Waals surface area (Å²) in [6.07, 6.45) is 0. The maximum atomic E-state index is 5.03. The zero-order valence-corrected chi connectivity index (χ0v) is 24.0. The van der Waals surface area contributed by atoms with E-state index in [0.717, 1.165) is 22.3 Å². The molecule has 0 N–H and O–H groups in total. The average Bonchev–Trinajstić information content (AvgIpc) is 3.48. The first-order valence-electron chi connectivity index (χ1n) is 14.3. The van der Waals surface area contributed by atoms with Gasteiger partial charge in [0.05, 0.1) is 0 Å². The van der Waals surface area contributed by atoms with E-state index in [0.29, 0.717) is 17.5 Å². The van der Waals surface area contributed by atoms with E-state index in [4.69, 9.17) is 15.0 Å². The van der Waals surface area contributed by atoms with Crippen molar-refractivity contribution in [2.24, 2.45) is 0 Å². The van der Waals surface area contributed by atoms with Crippen LogP contribution in [0.15, 0.2) is 152 Å². The molecule has 0 bridgehead atoms. The third-order valence-corrected chi connectivity index (χ3v) is 8.86. The maximum absolute atomic E-state index is 5.03. The van der Waals surface area contributed by atoms with Crippen LogP contribution >= 0.6 is 11.3 Å². The average molecular weight is 568 g/mol. The molecule has 0 radical (unpaired) electrons. The molecule has 3 nitrogen and oxygen atoms in total. The highest BCUT2D eigenvalue weighted by Gasteiger charge is 2.17. The van der Waals surface area contributed by atoms with Crippen LogP contribution in [0.25, 0.3) is 76.6 Å². The van der Waals surface area contributed by atoms with Crippen molar-refractivity contribution >= 4 is 31.5 Å². The molecule has 43 heavy (non-hydrogen) atoms. The van der Waals surface area contributed by atoms with Crippen molar-refractivity contribution in [2.75, 3.05) is 0 Å². The number of hydrogen-bond donors (Lipinski definition) is 0. The highest BCUT2D eigenvalue weighted by Crippen LogP contribution is 2.43. The normalized spacial score (nSPS) is 11.3. The lowest BCUT2D eigenvalue weighted by atomic mass is 9.95. The summed E-state index contributed by atoms with van der Waals surface area (Å²) in [5, 5.41) is 2.53. The molecule has 0 unspecified atom stereocenters. The molecule has 6 aromatic carbocycles. The van der Waals surface area contributed by atoms with Gasteiger partial charge in [-0.15, -0.1) is 11.3 Å². The fourth-order valence-electron chi connectivity index (χ4n) is 5.62. The van der Waals surface area contributed by atoms with E-state index in [2.05, 4.69) is 91.0 Å². The van der Waals surface area contributed by atoms with Gasteiger partial charge in [0.15, 0.2) is 17.5 Å². The fraction of sp³-hybridized carbons (Fsp3) is 0. The van der Waals surface area contributed by atoms with Crippen LogP contribution in [0.2, 0.25) is 0 Å². The molecular formula is C39H25N3S. The summed E-state index contributed by atoms with van der Waals surface area (Å²) in [5.74, 6) is 1.98. The van der Waals surface area contributed by atoms with Crippen LogP contribution in [0.1, 0.15) is 0 Å². The number of thiophene rings is 1. The predicted octanol–water partition coefficient (Wildman–Crippen LogP) is 10.6. The summed E-state index contributed by atoms with van der Waals surface area (Å²) in [6, 6.07) is 52.8. The monoisotopic (exact) mass is 567 g/mol. The summed E-state index contributed by atoms with van der Waals surface area (Å²) in [7, 11) is 0. The first-order chi connectivity index (χ1) is 21.3. The van der Waals surface area contributed by atoms with Crippen LogP contribution in [0.3, 0.4) is 0 Å². The summed E-state index contributed by atoms with van der Waals surface area (Å²) in [4.78, 5) is 15.0. The van der Waals surface area contributed by atoms with Gasteiger partial charge in [0.1, 0.15) is 0 Å². The Morgan fingerprint density at radius 2 is 0.814 bits per heavy atom. The van der Waals surface area contributed by atoms with E-state index >= 15 is 0 Å². The Bertz CT molecular complexity index is 2150. The molecule has 8 aromatic rings. The summed E-state index contributed by atoms with van der Waals surface area (Å²) in [6.45, 7) is 0. The van der Waals surface area contributed by atoms with Gasteiger partial charge in [-0.3, -0.25) is 0 Å². The summed E-state index contributed by atoms with van der Waals surface area (Å²) < 4.78 is 2.48. The van der Waals surface area contributed by atoms with Crippen LogP contribution in [-0.2, 0) is 0 Å². The highest BCUT2D eigenvalue weighted by molar-refractivity contribution is 7.26. The number of nitrogens with zero attached hydrogens (tertiary/aromatic N) is 3. The Kier molecular flexibility index (Phi) is 6.32. The summed E-state index contributed by atoms with van der Waals surface area (Å²) >= 11 is 1.81. The second-order valence-corrected chi connectivity index (χ2v) is 11.6. The molecule has 0 spiro atoms. The standard InChI is InChI=1S/C39H25N3S/c1-4-12-26(13-5-1)27-20-22-28(23-21-27)33-24-31(25-35-36(33)32-18-10-11-19-34(32)43-35)39-41-37(29-14-6-2-7-15-29)40-38(42-39)30-16-8-3-9-17-30/h1-25H. The zero-order valence-electron chi connectivity index (χ0n) is 23.2. The van der Waals surface area contributed by atoms with Crippen LogP contribution < -0.4 is 0 Å². The second-order valence-electron chi connectivity index (χ2n) is 10.5. The third-order valence-electron chi connectivity index (χ3n) is 7.74. The molecule has 202 valence electrons. The predicted molar refractivity (Wildman–Crippen MR) is 180 cm³/mol. The van der Waals surface area contributed by atoms with Crippen LogP contribution in [0.5, 0.6) is 0 Å². The van der Waals surface area contributed by atoms with E-state index < -0.39 is 0 Å². The van der Waals surface area contributed by atoms with Gasteiger partial charge < -0.3 is 0 Å². The number of aromatic nitrogens is 3. The van der Waals surface area contributed by atoms with Gasteiger partial charge in [-0.1, -0.05) is 133 Å². The Morgan fingerprint density at radius 1 is 0.349 bits per heavy atom. The SMILES string of the molecule is c1ccc(-c2ccc(-c3cc(-c4nc(-c5ccccc5)nc(-c5ccccc5)n4)cc4sc5ccccc5c34)cc2)cc1. The van der Waals surface area contributed by atoms with E-state index in [9.17, 15) is 0 Å². The van der Waals surface area contributed by atoms with Gasteiger partial charge in [0.2, 0.25) is 0 Å². The van der Waals surface area contributed by atoms with Gasteiger partial charge in [0.25, 0.3) is 0 Å². The van der Waals surface area contributed by atoms with Crippen molar-refractivity contribution < 1.29 is 0 Å². The molecule has 0 amide bonds. The van der Waals surface area contributed by atoms with Crippen molar-refractivity contribution in [1.82, 2.24) is 15.0 Å². The molecule has 0 saturated heterocycles. The van der Waals surface area contributed by atoms with Crippen LogP contribution in [0, 0.1) is 0 Å². The quantitative estimate of drug-likeness (QED) is 0.208. The maximum Gasteiger partial charge on any atom is 0.164 e. The molecule has 2 heterocycles. The largest absolute Gasteiger partial charge is 0.208 e. The summed E-state index contributed by atoms with van der Waals surface area (Å²) in [5.41, 5.74) is 7.64. The van der Waals surface area contributed by atoms with E-state index in [1.807, 2.05) is 72.0 Å². The number of fused-ring (bicyclic) bond motifs is 3. The third kappa shape index (κ3) is 4.78. The van der Waals surface area contributed by atoms with Crippen molar-refractivity contribution in [1.29, 1.82) is 0 Å². The van der Waals surface area contributed by atoms with Crippen LogP contribution in [0.4, 0.5) is 0 Å². The van der Waals surface area contributed by atoms with Crippen molar-refractivity contribution in [3.8, 4) is 56.4 Å². The number of hydrogen-bond acceptors (Lipinski definition) is 4. The highest BCUT2D eigenvalue weighted by atomic mass is 32.1. The molecule has 0 atom stereocenters. The van der Waals surface area contributed by atoms with Crippen molar-refractivity contribution in [2.45, 2.75) is 0 Å². The number of benzene rings is 6. The minimum Gasteiger partial charge on any atom is -0.208 e. The minimum absolute atomic E-state index is 0.661. The van der Waals surface area contributed by atoms with Gasteiger partial charge in [-0.25, -0.2) is 15.0 Å². The lowest BCUT2D eigenvalue weighted by Gasteiger charge is -2.12. The number of rotatable bonds is 5. The van der Waals surface area contributed by atoms with Crippen LogP contribution in [-0.4, -0.2) is 15.0 Å². The van der Waals surface area contributed by atoms with Crippen molar-refractivity contribution in [3.63, 3.8) is 0 Å². The smallest absolute Gasteiger partial charge is 0.164 e. The van der Waals surface area contributed by atoms with Gasteiger partial charge in [-0.2, -0.15) is 0 Å². The topological polar surface area (TPSA) is 38.7 Å². The lowest BCUT2D eigenvalue weighted by molar-refractivity contribution is 1.07. The van der Waals surface area contributed by atoms with Gasteiger partial charge >= 0.3 is 0 Å². The molecule has 8 rings (SSSR count). The van der Waals surface area contributed by atoms with Gasteiger partial charge in [0, 0.05) is 36.9 Å². The Morgan fingerprint density at radius 3 is 1.42 bits per heavy atom. The fourth-order valence-corrected chi connectivity index (χ4v) is 6.79. The first kappa shape index (κ1) is 25.3. The van der Waals surface area contributed by atoms with E-state index in [-0.39, 0.29) is 0 Å². The second kappa shape index (κ2) is 10.8. The molecule has 0 saturated carbocycles. The Labute approximate surface area is 253 Å². The van der Waals surface area contributed by atoms with E-state index in [1.165, 1.54) is 36.9 Å². The molecule has 0 aliphatic rings. The van der Waals surface area contributed by atoms with E-state index in [1.54, 1.807) is 0 Å². The molecule has 0 fully saturated rings. The molecule has 2 aromatic heterocycles. The molecule has 4 heteroatoms. The molecule has 0 aliphatic heterocycles. The first-order valence-corrected chi connectivity index (χ1v) is 15.1. The molecular weight excluding hydrogens is 543 g/mol. The Balaban J connectivity index is 1.35. The van der Waals surface area contributed by atoms with Crippen molar-refractivity contribution in [3.05, 3.63) is 152 Å².